The number of aromatic nitrogens is 2. The number of carboxylic acids is 1. The highest BCUT2D eigenvalue weighted by atomic mass is 32.1. The number of imidazole rings is 1. The molecule has 0 spiro atoms. The van der Waals surface area contributed by atoms with E-state index in [1.165, 1.54) is 11.3 Å². The number of carbonyl (C=O) groups is 1. The third-order valence-electron chi connectivity index (χ3n) is 4.30. The molecule has 0 aliphatic heterocycles. The fourth-order valence-electron chi connectivity index (χ4n) is 3.13. The Kier molecular flexibility index (Phi) is 5.65. The summed E-state index contributed by atoms with van der Waals surface area (Å²) in [4.78, 5) is 17.5. The van der Waals surface area contributed by atoms with Crippen molar-refractivity contribution in [3.8, 4) is 17.0 Å². The Labute approximate surface area is 162 Å². The zero-order valence-electron chi connectivity index (χ0n) is 15.9. The Bertz CT molecular complexity index is 983. The number of ether oxygens (including phenoxy) is 1. The minimum absolute atomic E-state index is 0.393. The number of carboxylic acid groups (broad SMARTS) is 1. The van der Waals surface area contributed by atoms with Crippen molar-refractivity contribution in [1.82, 2.24) is 9.38 Å². The second kappa shape index (κ2) is 7.96. The van der Waals surface area contributed by atoms with Crippen LogP contribution in [-0.4, -0.2) is 27.1 Å². The molecule has 142 valence electrons. The van der Waals surface area contributed by atoms with Gasteiger partial charge < -0.3 is 9.84 Å². The van der Waals surface area contributed by atoms with Gasteiger partial charge >= 0.3 is 5.97 Å². The molecule has 1 aromatic carbocycles. The standard InChI is InChI=1S/C21H24N2O3S/c1-5-7-17-19(20(24)25)27-21-22-18(16(6-2)23(17)21)14-8-10-15(11-9-14)26-12-13(3)4/h8-11H,3,5-7,12H2,1-2,4H3,(H,24,25). The number of aromatic carboxylic acids is 1. The van der Waals surface area contributed by atoms with Crippen LogP contribution in [0.15, 0.2) is 36.4 Å². The van der Waals surface area contributed by atoms with Gasteiger partial charge in [0.2, 0.25) is 0 Å². The second-order valence-corrected chi connectivity index (χ2v) is 7.56. The third kappa shape index (κ3) is 3.76. The van der Waals surface area contributed by atoms with Crippen molar-refractivity contribution in [3.63, 3.8) is 0 Å². The van der Waals surface area contributed by atoms with Gasteiger partial charge in [0.05, 0.1) is 11.4 Å². The van der Waals surface area contributed by atoms with E-state index < -0.39 is 5.97 Å². The van der Waals surface area contributed by atoms with E-state index in [0.717, 1.165) is 58.2 Å². The van der Waals surface area contributed by atoms with E-state index >= 15 is 0 Å². The van der Waals surface area contributed by atoms with Gasteiger partial charge in [-0.2, -0.15) is 0 Å². The normalized spacial score (nSPS) is 11.1. The predicted octanol–water partition coefficient (Wildman–Crippen LogP) is 5.23. The summed E-state index contributed by atoms with van der Waals surface area (Å²) in [5.74, 6) is -0.0859. The maximum Gasteiger partial charge on any atom is 0.347 e. The van der Waals surface area contributed by atoms with E-state index in [2.05, 4.69) is 20.4 Å². The van der Waals surface area contributed by atoms with Crippen LogP contribution in [0.2, 0.25) is 0 Å². The lowest BCUT2D eigenvalue weighted by Crippen LogP contribution is -2.04. The molecule has 0 atom stereocenters. The molecule has 0 saturated carbocycles. The van der Waals surface area contributed by atoms with Crippen LogP contribution < -0.4 is 4.74 Å². The van der Waals surface area contributed by atoms with E-state index in [1.54, 1.807) is 0 Å². The average Bonchev–Trinajstić information content (AvgIpc) is 3.17. The molecule has 2 aromatic heterocycles. The summed E-state index contributed by atoms with van der Waals surface area (Å²) in [6.45, 7) is 10.4. The average molecular weight is 385 g/mol. The van der Waals surface area contributed by atoms with Gasteiger partial charge in [0, 0.05) is 11.3 Å². The summed E-state index contributed by atoms with van der Waals surface area (Å²) in [7, 11) is 0. The molecule has 0 fully saturated rings. The minimum atomic E-state index is -0.878. The quantitative estimate of drug-likeness (QED) is 0.540. The first-order valence-electron chi connectivity index (χ1n) is 9.10. The van der Waals surface area contributed by atoms with Crippen LogP contribution in [-0.2, 0) is 12.8 Å². The Hall–Kier alpha value is -2.60. The summed E-state index contributed by atoms with van der Waals surface area (Å²) in [6.07, 6.45) is 2.38. The highest BCUT2D eigenvalue weighted by Gasteiger charge is 2.23. The summed E-state index contributed by atoms with van der Waals surface area (Å²) in [5.41, 5.74) is 4.78. The molecule has 5 nitrogen and oxygen atoms in total. The van der Waals surface area contributed by atoms with Crippen molar-refractivity contribution in [1.29, 1.82) is 0 Å². The fourth-order valence-corrected chi connectivity index (χ4v) is 4.16. The molecule has 27 heavy (non-hydrogen) atoms. The lowest BCUT2D eigenvalue weighted by atomic mass is 10.1. The molecule has 3 aromatic rings. The largest absolute Gasteiger partial charge is 0.489 e. The highest BCUT2D eigenvalue weighted by Crippen LogP contribution is 2.33. The predicted molar refractivity (Wildman–Crippen MR) is 109 cm³/mol. The Morgan fingerprint density at radius 1 is 1.26 bits per heavy atom. The smallest absolute Gasteiger partial charge is 0.347 e. The van der Waals surface area contributed by atoms with E-state index in [4.69, 9.17) is 9.72 Å². The SMILES string of the molecule is C=C(C)COc1ccc(-c2nc3sc(C(=O)O)c(CCC)n3c2CC)cc1. The molecule has 2 heterocycles. The molecule has 3 rings (SSSR count). The first-order valence-corrected chi connectivity index (χ1v) is 9.91. The number of hydrogen-bond acceptors (Lipinski definition) is 4. The van der Waals surface area contributed by atoms with E-state index in [9.17, 15) is 9.90 Å². The molecule has 0 radical (unpaired) electrons. The molecule has 0 saturated heterocycles. The van der Waals surface area contributed by atoms with E-state index in [0.29, 0.717) is 11.5 Å². The van der Waals surface area contributed by atoms with Gasteiger partial charge in [0.25, 0.3) is 0 Å². The Balaban J connectivity index is 2.04. The van der Waals surface area contributed by atoms with Crippen LogP contribution >= 0.6 is 11.3 Å². The summed E-state index contributed by atoms with van der Waals surface area (Å²) in [5, 5.41) is 9.53. The van der Waals surface area contributed by atoms with Crippen molar-refractivity contribution in [3.05, 3.63) is 52.7 Å². The van der Waals surface area contributed by atoms with Crippen LogP contribution in [0.25, 0.3) is 16.2 Å². The maximum absolute atomic E-state index is 11.6. The lowest BCUT2D eigenvalue weighted by molar-refractivity contribution is 0.0700. The second-order valence-electron chi connectivity index (χ2n) is 6.58. The van der Waals surface area contributed by atoms with Gasteiger partial charge in [-0.15, -0.1) is 0 Å². The Morgan fingerprint density at radius 3 is 2.52 bits per heavy atom. The summed E-state index contributed by atoms with van der Waals surface area (Å²) >= 11 is 1.25. The van der Waals surface area contributed by atoms with E-state index in [1.807, 2.05) is 35.6 Å². The van der Waals surface area contributed by atoms with Crippen LogP contribution in [0.1, 0.15) is 48.3 Å². The molecule has 0 aliphatic rings. The number of benzene rings is 1. The van der Waals surface area contributed by atoms with Crippen molar-refractivity contribution in [2.24, 2.45) is 0 Å². The zero-order chi connectivity index (χ0) is 19.6. The molecule has 0 amide bonds. The summed E-state index contributed by atoms with van der Waals surface area (Å²) in [6, 6.07) is 7.86. The van der Waals surface area contributed by atoms with Crippen molar-refractivity contribution in [2.75, 3.05) is 6.61 Å². The summed E-state index contributed by atoms with van der Waals surface area (Å²) < 4.78 is 7.70. The van der Waals surface area contributed by atoms with Gasteiger partial charge in [-0.05, 0) is 49.6 Å². The highest BCUT2D eigenvalue weighted by molar-refractivity contribution is 7.19. The van der Waals surface area contributed by atoms with Gasteiger partial charge in [-0.1, -0.05) is 38.2 Å². The van der Waals surface area contributed by atoms with Crippen molar-refractivity contribution in [2.45, 2.75) is 40.0 Å². The zero-order valence-corrected chi connectivity index (χ0v) is 16.7. The van der Waals surface area contributed by atoms with E-state index in [-0.39, 0.29) is 0 Å². The maximum atomic E-state index is 11.6. The number of thiazole rings is 1. The van der Waals surface area contributed by atoms with Gasteiger partial charge in [0.1, 0.15) is 17.2 Å². The number of fused-ring (bicyclic) bond motifs is 1. The first-order chi connectivity index (χ1) is 13.0. The first kappa shape index (κ1) is 19.2. The van der Waals surface area contributed by atoms with Crippen LogP contribution in [0, 0.1) is 0 Å². The molecule has 6 heteroatoms. The minimum Gasteiger partial charge on any atom is -0.489 e. The Morgan fingerprint density at radius 2 is 1.96 bits per heavy atom. The van der Waals surface area contributed by atoms with Crippen LogP contribution in [0.3, 0.4) is 0 Å². The number of nitrogens with zero attached hydrogens (tertiary/aromatic N) is 2. The lowest BCUT2D eigenvalue weighted by Gasteiger charge is -2.08. The molecule has 1 N–H and O–H groups in total. The molecular formula is C21H24N2O3S. The fraction of sp³-hybridized carbons (Fsp3) is 0.333. The monoisotopic (exact) mass is 384 g/mol. The topological polar surface area (TPSA) is 63.8 Å². The molecule has 0 bridgehead atoms. The van der Waals surface area contributed by atoms with Crippen molar-refractivity contribution >= 4 is 22.3 Å². The number of rotatable bonds is 8. The number of hydrogen-bond donors (Lipinski definition) is 1. The van der Waals surface area contributed by atoms with Gasteiger partial charge in [-0.25, -0.2) is 9.78 Å². The van der Waals surface area contributed by atoms with Gasteiger partial charge in [0.15, 0.2) is 4.96 Å². The van der Waals surface area contributed by atoms with Crippen LogP contribution in [0.4, 0.5) is 0 Å². The molecule has 0 unspecified atom stereocenters. The molecule has 0 aliphatic carbocycles. The van der Waals surface area contributed by atoms with Gasteiger partial charge in [-0.3, -0.25) is 4.40 Å². The molecular weight excluding hydrogens is 360 g/mol. The van der Waals surface area contributed by atoms with Crippen molar-refractivity contribution < 1.29 is 14.6 Å². The third-order valence-corrected chi connectivity index (χ3v) is 5.37. The number of aryl methyl sites for hydroxylation is 2. The van der Waals surface area contributed by atoms with Crippen LogP contribution in [0.5, 0.6) is 5.75 Å².